The Labute approximate surface area is 254 Å². The number of aromatic nitrogens is 4. The van der Waals surface area contributed by atoms with E-state index in [4.69, 9.17) is 9.97 Å². The van der Waals surface area contributed by atoms with Gasteiger partial charge < -0.3 is 9.55 Å². The van der Waals surface area contributed by atoms with E-state index in [1.165, 1.54) is 5.56 Å². The number of pyridine rings is 2. The van der Waals surface area contributed by atoms with Crippen LogP contribution in [0.3, 0.4) is 0 Å². The largest absolute Gasteiger partial charge is 2.00 e. The van der Waals surface area contributed by atoms with Crippen LogP contribution >= 0.6 is 0 Å². The second-order valence-electron chi connectivity index (χ2n) is 11.2. The molecule has 41 heavy (non-hydrogen) atoms. The monoisotopic (exact) mass is 711 g/mol. The topological polar surface area (TPSA) is 44.8 Å². The molecular formula is C36H28N4Pt. The maximum atomic E-state index is 5.20. The van der Waals surface area contributed by atoms with Crippen LogP contribution in [0.15, 0.2) is 116 Å². The zero-order valence-corrected chi connectivity index (χ0v) is 25.3. The molecule has 4 aromatic heterocycles. The molecule has 7 aromatic rings. The third kappa shape index (κ3) is 4.94. The Morgan fingerprint density at radius 1 is 0.732 bits per heavy atom. The van der Waals surface area contributed by atoms with Crippen molar-refractivity contribution in [2.75, 3.05) is 0 Å². The van der Waals surface area contributed by atoms with Crippen LogP contribution in [0.5, 0.6) is 0 Å². The molecule has 4 nitrogen and oxygen atoms in total. The number of fused-ring (bicyclic) bond motifs is 2. The van der Waals surface area contributed by atoms with Crippen molar-refractivity contribution in [3.05, 3.63) is 127 Å². The van der Waals surface area contributed by atoms with Crippen LogP contribution in [0, 0.1) is 6.07 Å². The average Bonchev–Trinajstić information content (AvgIpc) is 3.58. The summed E-state index contributed by atoms with van der Waals surface area (Å²) in [5.74, 6) is 0.885. The van der Waals surface area contributed by atoms with Crippen LogP contribution in [0.2, 0.25) is 0 Å². The van der Waals surface area contributed by atoms with Gasteiger partial charge in [-0.25, -0.2) is 0 Å². The molecule has 5 heteroatoms. The quantitative estimate of drug-likeness (QED) is 0.172. The number of nitrogens with zero attached hydrogens (tertiary/aromatic N) is 4. The Kier molecular flexibility index (Phi) is 6.97. The van der Waals surface area contributed by atoms with E-state index in [0.717, 1.165) is 61.4 Å². The Bertz CT molecular complexity index is 1980. The predicted molar refractivity (Wildman–Crippen MR) is 164 cm³/mol. The Balaban J connectivity index is 0.00000302. The van der Waals surface area contributed by atoms with Crippen LogP contribution < -0.4 is 4.98 Å². The van der Waals surface area contributed by atoms with Gasteiger partial charge in [-0.15, -0.1) is 23.8 Å². The minimum absolute atomic E-state index is 0. The van der Waals surface area contributed by atoms with Crippen LogP contribution in [0.4, 0.5) is 0 Å². The molecular weight excluding hydrogens is 684 g/mol. The summed E-state index contributed by atoms with van der Waals surface area (Å²) >= 11 is 0. The molecule has 4 heterocycles. The summed E-state index contributed by atoms with van der Waals surface area (Å²) in [6.07, 6.45) is 3.89. The van der Waals surface area contributed by atoms with Crippen LogP contribution in [0.25, 0.3) is 61.4 Å². The Morgan fingerprint density at radius 3 is 2.17 bits per heavy atom. The fraction of sp³-hybridized carbons (Fsp3) is 0.111. The molecule has 0 N–H and O–H groups in total. The smallest absolute Gasteiger partial charge is 0.434 e. The number of hydrogen-bond donors (Lipinski definition) is 0. The first-order chi connectivity index (χ1) is 19.5. The van der Waals surface area contributed by atoms with E-state index in [-0.39, 0.29) is 26.5 Å². The summed E-state index contributed by atoms with van der Waals surface area (Å²) in [5, 5.41) is 3.30. The zero-order chi connectivity index (χ0) is 27.3. The molecule has 0 spiro atoms. The summed E-state index contributed by atoms with van der Waals surface area (Å²) in [6.45, 7) is 6.69. The first kappa shape index (κ1) is 26.9. The second-order valence-corrected chi connectivity index (χ2v) is 11.2. The van der Waals surface area contributed by atoms with Gasteiger partial charge in [0, 0.05) is 17.6 Å². The van der Waals surface area contributed by atoms with Gasteiger partial charge in [0.05, 0.1) is 5.65 Å². The van der Waals surface area contributed by atoms with Gasteiger partial charge in [-0.1, -0.05) is 123 Å². The van der Waals surface area contributed by atoms with Gasteiger partial charge >= 0.3 is 21.1 Å². The van der Waals surface area contributed by atoms with Gasteiger partial charge in [0.15, 0.2) is 0 Å². The van der Waals surface area contributed by atoms with E-state index in [2.05, 4.69) is 121 Å². The van der Waals surface area contributed by atoms with Crippen molar-refractivity contribution in [1.29, 1.82) is 0 Å². The SMILES string of the molecule is CC(C)(C)c1cc(-c2ccccn2)[c-]c(-c2ccc3ccn(-c4[n-]c(-c5ccccc5)c5ccccc45)c3n2)c1.[Pt+2]. The normalized spacial score (nSPS) is 11.6. The molecule has 0 amide bonds. The first-order valence-electron chi connectivity index (χ1n) is 13.5. The maximum absolute atomic E-state index is 5.20. The van der Waals surface area contributed by atoms with Crippen molar-refractivity contribution in [1.82, 2.24) is 19.5 Å². The zero-order valence-electron chi connectivity index (χ0n) is 23.1. The van der Waals surface area contributed by atoms with Gasteiger partial charge in [0.2, 0.25) is 0 Å². The molecule has 0 unspecified atom stereocenters. The van der Waals surface area contributed by atoms with E-state index in [0.29, 0.717) is 0 Å². The molecule has 0 saturated heterocycles. The van der Waals surface area contributed by atoms with E-state index in [1.807, 2.05) is 30.5 Å². The van der Waals surface area contributed by atoms with Gasteiger partial charge in [0.1, 0.15) is 0 Å². The van der Waals surface area contributed by atoms with Crippen molar-refractivity contribution in [3.8, 4) is 39.6 Å². The minimum Gasteiger partial charge on any atom is -0.434 e. The van der Waals surface area contributed by atoms with Gasteiger partial charge in [-0.2, -0.15) is 0 Å². The van der Waals surface area contributed by atoms with Gasteiger partial charge in [0.25, 0.3) is 0 Å². The number of benzene rings is 3. The van der Waals surface area contributed by atoms with Gasteiger partial charge in [-0.3, -0.25) is 9.97 Å². The fourth-order valence-corrected chi connectivity index (χ4v) is 5.24. The predicted octanol–water partition coefficient (Wildman–Crippen LogP) is 8.63. The molecule has 0 bridgehead atoms. The van der Waals surface area contributed by atoms with Gasteiger partial charge in [-0.05, 0) is 44.7 Å². The van der Waals surface area contributed by atoms with Crippen molar-refractivity contribution in [2.45, 2.75) is 26.2 Å². The molecule has 0 radical (unpaired) electrons. The number of rotatable bonds is 4. The van der Waals surface area contributed by atoms with Crippen LogP contribution in [-0.4, -0.2) is 14.5 Å². The third-order valence-electron chi connectivity index (χ3n) is 7.40. The van der Waals surface area contributed by atoms with E-state index in [1.54, 1.807) is 0 Å². The molecule has 0 aliphatic heterocycles. The average molecular weight is 712 g/mol. The van der Waals surface area contributed by atoms with Crippen LogP contribution in [0.1, 0.15) is 26.3 Å². The number of hydrogen-bond acceptors (Lipinski definition) is 2. The summed E-state index contributed by atoms with van der Waals surface area (Å²) in [7, 11) is 0. The standard InChI is InChI=1S/C36H28N4.Pt/c1-36(2,3)28-22-26(31-15-9-10-19-37-31)21-27(23-28)32-17-16-25-18-20-40(34(25)38-32)35-30-14-8-7-13-29(30)33(39-35)24-11-5-4-6-12-24;/h4-20,22-23H,1-3H3;/q-2;+2. The molecule has 0 aliphatic rings. The first-order valence-corrected chi connectivity index (χ1v) is 13.5. The third-order valence-corrected chi connectivity index (χ3v) is 7.40. The minimum atomic E-state index is -0.0380. The second kappa shape index (κ2) is 10.6. The van der Waals surface area contributed by atoms with Crippen molar-refractivity contribution in [3.63, 3.8) is 0 Å². The maximum Gasteiger partial charge on any atom is 2.00 e. The summed E-state index contributed by atoms with van der Waals surface area (Å²) in [4.78, 5) is 15.0. The molecule has 3 aromatic carbocycles. The molecule has 0 atom stereocenters. The van der Waals surface area contributed by atoms with E-state index >= 15 is 0 Å². The summed E-state index contributed by atoms with van der Waals surface area (Å²) in [6, 6.07) is 39.1. The van der Waals surface area contributed by atoms with Crippen molar-refractivity contribution >= 4 is 21.8 Å². The van der Waals surface area contributed by atoms with Crippen molar-refractivity contribution < 1.29 is 21.1 Å². The molecule has 0 fully saturated rings. The molecule has 0 aliphatic carbocycles. The Morgan fingerprint density at radius 2 is 1.44 bits per heavy atom. The van der Waals surface area contributed by atoms with Crippen molar-refractivity contribution in [2.24, 2.45) is 0 Å². The molecule has 7 rings (SSSR count). The fourth-order valence-electron chi connectivity index (χ4n) is 5.24. The Hall–Kier alpha value is -4.27. The van der Waals surface area contributed by atoms with E-state index in [9.17, 15) is 0 Å². The molecule has 202 valence electrons. The summed E-state index contributed by atoms with van der Waals surface area (Å²) in [5.41, 5.74) is 7.83. The summed E-state index contributed by atoms with van der Waals surface area (Å²) < 4.78 is 2.11. The van der Waals surface area contributed by atoms with E-state index < -0.39 is 0 Å². The van der Waals surface area contributed by atoms with Crippen LogP contribution in [-0.2, 0) is 26.5 Å². The molecule has 0 saturated carbocycles.